The van der Waals surface area contributed by atoms with Crippen molar-refractivity contribution in [3.05, 3.63) is 71.0 Å². The number of halogens is 2. The molecule has 0 saturated carbocycles. The van der Waals surface area contributed by atoms with E-state index in [9.17, 15) is 0 Å². The monoisotopic (exact) mass is 331 g/mol. The van der Waals surface area contributed by atoms with Gasteiger partial charge in [-0.25, -0.2) is 4.98 Å². The molecule has 22 heavy (non-hydrogen) atoms. The molecule has 2 aromatic heterocycles. The maximum Gasteiger partial charge on any atom is 0.0951 e. The maximum atomic E-state index is 6.11. The predicted octanol–water partition coefficient (Wildman–Crippen LogP) is 5.25. The van der Waals surface area contributed by atoms with Crippen molar-refractivity contribution < 1.29 is 0 Å². The highest BCUT2D eigenvalue weighted by atomic mass is 35.5. The smallest absolute Gasteiger partial charge is 0.0951 e. The first kappa shape index (κ1) is 15.1. The Labute approximate surface area is 139 Å². The molecule has 0 saturated heterocycles. The van der Waals surface area contributed by atoms with Crippen LogP contribution in [0.15, 0.2) is 55.4 Å². The van der Waals surface area contributed by atoms with Crippen LogP contribution in [0, 0.1) is 0 Å². The normalized spacial score (nSPS) is 12.3. The number of hydrogen-bond donors (Lipinski definition) is 0. The molecule has 0 amide bonds. The van der Waals surface area contributed by atoms with Crippen molar-refractivity contribution in [1.82, 2.24) is 14.5 Å². The van der Waals surface area contributed by atoms with E-state index >= 15 is 0 Å². The summed E-state index contributed by atoms with van der Waals surface area (Å²) < 4.78 is 2.09. The highest BCUT2D eigenvalue weighted by Gasteiger charge is 2.12. The van der Waals surface area contributed by atoms with Gasteiger partial charge in [-0.3, -0.25) is 4.98 Å². The summed E-state index contributed by atoms with van der Waals surface area (Å²) in [6, 6.07) is 7.98. The van der Waals surface area contributed by atoms with E-state index in [2.05, 4.69) is 27.5 Å². The Balaban J connectivity index is 2.00. The molecular formula is C17H15Cl2N3. The van der Waals surface area contributed by atoms with Gasteiger partial charge in [-0.05, 0) is 35.7 Å². The Bertz CT molecular complexity index is 769. The average molecular weight is 332 g/mol. The molecule has 112 valence electrons. The molecule has 0 radical (unpaired) electrons. The standard InChI is InChI=1S/C17H15Cl2N3/c1-2-17(22-6-5-20-11-22)14-7-13(9-21-10-14)12-3-4-15(18)16(19)8-12/h3-11,17H,2H2,1H3. The van der Waals surface area contributed by atoms with Gasteiger partial charge in [0.2, 0.25) is 0 Å². The largest absolute Gasteiger partial charge is 0.330 e. The van der Waals surface area contributed by atoms with Crippen molar-refractivity contribution in [1.29, 1.82) is 0 Å². The molecule has 0 N–H and O–H groups in total. The minimum atomic E-state index is 0.220. The molecule has 5 heteroatoms. The van der Waals surface area contributed by atoms with Gasteiger partial charge in [0.1, 0.15) is 0 Å². The summed E-state index contributed by atoms with van der Waals surface area (Å²) in [5.41, 5.74) is 3.17. The first-order chi connectivity index (χ1) is 10.7. The number of benzene rings is 1. The minimum Gasteiger partial charge on any atom is -0.330 e. The molecule has 3 rings (SSSR count). The third-order valence-corrected chi connectivity index (χ3v) is 4.41. The van der Waals surface area contributed by atoms with Crippen LogP contribution in [0.2, 0.25) is 10.0 Å². The van der Waals surface area contributed by atoms with Crippen LogP contribution in [0.1, 0.15) is 24.9 Å². The third kappa shape index (κ3) is 3.01. The molecular weight excluding hydrogens is 317 g/mol. The summed E-state index contributed by atoms with van der Waals surface area (Å²) >= 11 is 12.1. The summed E-state index contributed by atoms with van der Waals surface area (Å²) in [7, 11) is 0. The average Bonchev–Trinajstić information content (AvgIpc) is 3.05. The second-order valence-corrected chi connectivity index (χ2v) is 5.88. The molecule has 1 unspecified atom stereocenters. The fourth-order valence-corrected chi connectivity index (χ4v) is 2.84. The molecule has 3 nitrogen and oxygen atoms in total. The number of pyridine rings is 1. The van der Waals surface area contributed by atoms with Crippen molar-refractivity contribution >= 4 is 23.2 Å². The summed E-state index contributed by atoms with van der Waals surface area (Å²) in [4.78, 5) is 8.51. The molecule has 0 bridgehead atoms. The van der Waals surface area contributed by atoms with E-state index in [1.54, 1.807) is 12.3 Å². The summed E-state index contributed by atoms with van der Waals surface area (Å²) in [6.45, 7) is 2.15. The van der Waals surface area contributed by atoms with E-state index in [1.807, 2.05) is 37.1 Å². The van der Waals surface area contributed by atoms with Gasteiger partial charge in [-0.15, -0.1) is 0 Å². The molecule has 2 heterocycles. The SMILES string of the molecule is CCC(c1cncc(-c2ccc(Cl)c(Cl)c2)c1)n1ccnc1. The molecule has 0 fully saturated rings. The molecule has 0 aliphatic rings. The lowest BCUT2D eigenvalue weighted by molar-refractivity contribution is 0.564. The predicted molar refractivity (Wildman–Crippen MR) is 90.4 cm³/mol. The van der Waals surface area contributed by atoms with Gasteiger partial charge in [0.15, 0.2) is 0 Å². The number of nitrogens with zero attached hydrogens (tertiary/aromatic N) is 3. The minimum absolute atomic E-state index is 0.220. The van der Waals surface area contributed by atoms with Crippen LogP contribution in [0.3, 0.4) is 0 Å². The molecule has 1 aromatic carbocycles. The van der Waals surface area contributed by atoms with Crippen LogP contribution in [-0.2, 0) is 0 Å². The van der Waals surface area contributed by atoms with E-state index in [0.717, 1.165) is 23.1 Å². The van der Waals surface area contributed by atoms with Crippen LogP contribution in [0.25, 0.3) is 11.1 Å². The fourth-order valence-electron chi connectivity index (χ4n) is 2.55. The van der Waals surface area contributed by atoms with E-state index in [4.69, 9.17) is 23.2 Å². The van der Waals surface area contributed by atoms with Crippen molar-refractivity contribution in [3.63, 3.8) is 0 Å². The van der Waals surface area contributed by atoms with Gasteiger partial charge >= 0.3 is 0 Å². The van der Waals surface area contributed by atoms with E-state index in [0.29, 0.717) is 10.0 Å². The molecule has 0 aliphatic heterocycles. The quantitative estimate of drug-likeness (QED) is 0.653. The molecule has 1 atom stereocenters. The Morgan fingerprint density at radius 1 is 1.05 bits per heavy atom. The zero-order valence-electron chi connectivity index (χ0n) is 12.1. The van der Waals surface area contributed by atoms with E-state index in [1.165, 1.54) is 0 Å². The van der Waals surface area contributed by atoms with Gasteiger partial charge in [0.05, 0.1) is 22.4 Å². The first-order valence-electron chi connectivity index (χ1n) is 7.07. The molecule has 0 aliphatic carbocycles. The van der Waals surface area contributed by atoms with Crippen LogP contribution < -0.4 is 0 Å². The lowest BCUT2D eigenvalue weighted by Gasteiger charge is -2.17. The number of aromatic nitrogens is 3. The summed E-state index contributed by atoms with van der Waals surface area (Å²) in [6.07, 6.45) is 10.3. The van der Waals surface area contributed by atoms with Crippen LogP contribution in [0.4, 0.5) is 0 Å². The summed E-state index contributed by atoms with van der Waals surface area (Å²) in [5, 5.41) is 1.10. The first-order valence-corrected chi connectivity index (χ1v) is 7.82. The zero-order chi connectivity index (χ0) is 15.5. The molecule has 0 spiro atoms. The highest BCUT2D eigenvalue weighted by Crippen LogP contribution is 2.30. The topological polar surface area (TPSA) is 30.7 Å². The second-order valence-electron chi connectivity index (χ2n) is 5.07. The van der Waals surface area contributed by atoms with Crippen molar-refractivity contribution in [2.75, 3.05) is 0 Å². The molecule has 3 aromatic rings. The van der Waals surface area contributed by atoms with E-state index < -0.39 is 0 Å². The van der Waals surface area contributed by atoms with E-state index in [-0.39, 0.29) is 6.04 Å². The lowest BCUT2D eigenvalue weighted by atomic mass is 10.0. The number of rotatable bonds is 4. The Kier molecular flexibility index (Phi) is 4.46. The van der Waals surface area contributed by atoms with Gasteiger partial charge in [0, 0.05) is 30.4 Å². The second kappa shape index (κ2) is 6.51. The van der Waals surface area contributed by atoms with Crippen molar-refractivity contribution in [2.24, 2.45) is 0 Å². The Morgan fingerprint density at radius 3 is 2.59 bits per heavy atom. The van der Waals surface area contributed by atoms with Gasteiger partial charge < -0.3 is 4.57 Å². The van der Waals surface area contributed by atoms with Crippen LogP contribution in [-0.4, -0.2) is 14.5 Å². The highest BCUT2D eigenvalue weighted by molar-refractivity contribution is 6.42. The Morgan fingerprint density at radius 2 is 1.91 bits per heavy atom. The van der Waals surface area contributed by atoms with Crippen LogP contribution in [0.5, 0.6) is 0 Å². The van der Waals surface area contributed by atoms with Crippen molar-refractivity contribution in [2.45, 2.75) is 19.4 Å². The van der Waals surface area contributed by atoms with Gasteiger partial charge in [0.25, 0.3) is 0 Å². The lowest BCUT2D eigenvalue weighted by Crippen LogP contribution is -2.08. The number of hydrogen-bond acceptors (Lipinski definition) is 2. The zero-order valence-corrected chi connectivity index (χ0v) is 13.6. The van der Waals surface area contributed by atoms with Gasteiger partial charge in [-0.2, -0.15) is 0 Å². The van der Waals surface area contributed by atoms with Crippen LogP contribution >= 0.6 is 23.2 Å². The van der Waals surface area contributed by atoms with Crippen molar-refractivity contribution in [3.8, 4) is 11.1 Å². The maximum absolute atomic E-state index is 6.11. The fraction of sp³-hybridized carbons (Fsp3) is 0.176. The number of imidazole rings is 1. The third-order valence-electron chi connectivity index (χ3n) is 3.67. The van der Waals surface area contributed by atoms with Gasteiger partial charge in [-0.1, -0.05) is 36.2 Å². The summed E-state index contributed by atoms with van der Waals surface area (Å²) in [5.74, 6) is 0. The Hall–Kier alpha value is -1.84.